The summed E-state index contributed by atoms with van der Waals surface area (Å²) < 4.78 is 38.0. The summed E-state index contributed by atoms with van der Waals surface area (Å²) in [5, 5.41) is 43.9. The predicted octanol–water partition coefficient (Wildman–Crippen LogP) is -0.0433. The number of nitrogens with zero attached hydrogens (tertiary/aromatic N) is 2. The molecule has 2 unspecified atom stereocenters. The average molecular weight is 497 g/mol. The molecule has 0 aliphatic carbocycles. The van der Waals surface area contributed by atoms with Crippen molar-refractivity contribution in [2.75, 3.05) is 52.5 Å². The van der Waals surface area contributed by atoms with Crippen LogP contribution in [0.5, 0.6) is 0 Å². The highest BCUT2D eigenvalue weighted by Gasteiger charge is 2.07. The minimum absolute atomic E-state index is 0.0489. The molecule has 13 nitrogen and oxygen atoms in total. The van der Waals surface area contributed by atoms with Gasteiger partial charge in [-0.3, -0.25) is 14.6 Å². The fourth-order valence-corrected chi connectivity index (χ4v) is 1.52. The molecule has 0 aromatic rings. The van der Waals surface area contributed by atoms with E-state index < -0.39 is 22.0 Å². The Morgan fingerprint density at radius 3 is 1.75 bits per heavy atom. The molecule has 0 radical (unpaired) electrons. The van der Waals surface area contributed by atoms with E-state index in [0.29, 0.717) is 18.2 Å². The van der Waals surface area contributed by atoms with E-state index in [9.17, 15) is 13.2 Å². The summed E-state index contributed by atoms with van der Waals surface area (Å²) in [6.45, 7) is 9.68. The third-order valence-corrected chi connectivity index (χ3v) is 3.75. The van der Waals surface area contributed by atoms with Crippen molar-refractivity contribution < 1.29 is 53.0 Å². The van der Waals surface area contributed by atoms with Crippen LogP contribution in [-0.4, -0.2) is 119 Å². The maximum Gasteiger partial charge on any atom is 0.266 e. The van der Waals surface area contributed by atoms with Crippen molar-refractivity contribution in [3.8, 4) is 0 Å². The molecule has 2 atom stereocenters. The average Bonchev–Trinajstić information content (AvgIpc) is 2.70. The predicted molar refractivity (Wildman–Crippen MR) is 118 cm³/mol. The van der Waals surface area contributed by atoms with Gasteiger partial charge in [0.2, 0.25) is 5.91 Å². The lowest BCUT2D eigenvalue weighted by molar-refractivity contribution is -0.156. The fourth-order valence-electron chi connectivity index (χ4n) is 1.08. The second-order valence-electron chi connectivity index (χ2n) is 6.35. The molecule has 0 saturated carbocycles. The molecule has 0 aliphatic heterocycles. The molecule has 0 rings (SSSR count). The first kappa shape index (κ1) is 38.3. The summed E-state index contributed by atoms with van der Waals surface area (Å²) in [4.78, 5) is 9.82. The van der Waals surface area contributed by atoms with Crippen LogP contribution in [0.3, 0.4) is 0 Å². The van der Waals surface area contributed by atoms with E-state index in [1.54, 1.807) is 6.92 Å². The van der Waals surface area contributed by atoms with Crippen molar-refractivity contribution in [2.24, 2.45) is 0 Å². The Balaban J connectivity index is -0.000000172. The zero-order valence-corrected chi connectivity index (χ0v) is 20.9. The largest absolute Gasteiger partial charge is 0.393 e. The van der Waals surface area contributed by atoms with Gasteiger partial charge in [-0.25, -0.2) is 5.06 Å². The molecule has 6 N–H and O–H groups in total. The highest BCUT2D eigenvalue weighted by Crippen LogP contribution is 1.88. The van der Waals surface area contributed by atoms with Crippen molar-refractivity contribution in [1.29, 1.82) is 0 Å². The van der Waals surface area contributed by atoms with Crippen LogP contribution in [0.15, 0.2) is 0 Å². The standard InChI is InChI=1S/C6H14O4.C5H13NO4S.C4H10O.C3H7NO2/c1-2-9-3-6(8)4-10-5-7;1-2-3-6(7)4-5-11(8,9)10;1-3-4(2)5;1-3(5)4(2)6/h6-8H,2-5H2,1H3;7H,2-5H2,1H3,(H,8,9,10);4-5H,3H2,1-2H3;6H,1-2H3. The summed E-state index contributed by atoms with van der Waals surface area (Å²) in [6, 6.07) is 0. The zero-order valence-electron chi connectivity index (χ0n) is 20.0. The van der Waals surface area contributed by atoms with Crippen LogP contribution in [-0.2, 0) is 24.4 Å². The van der Waals surface area contributed by atoms with Crippen LogP contribution in [0.1, 0.15) is 47.5 Å². The van der Waals surface area contributed by atoms with E-state index in [0.717, 1.165) is 17.9 Å². The number of ether oxygens (including phenoxy) is 2. The monoisotopic (exact) mass is 496 g/mol. The number of carbonyl (C=O) groups is 1. The summed E-state index contributed by atoms with van der Waals surface area (Å²) in [5.41, 5.74) is 0. The molecule has 0 heterocycles. The summed E-state index contributed by atoms with van der Waals surface area (Å²) in [5.74, 6) is -0.779. The van der Waals surface area contributed by atoms with Crippen molar-refractivity contribution in [1.82, 2.24) is 10.1 Å². The second kappa shape index (κ2) is 26.3. The van der Waals surface area contributed by atoms with E-state index in [1.165, 1.54) is 14.0 Å². The molecular formula is C18H44N2O11S. The first-order valence-electron chi connectivity index (χ1n) is 10.1. The van der Waals surface area contributed by atoms with E-state index in [4.69, 9.17) is 35.0 Å². The van der Waals surface area contributed by atoms with Gasteiger partial charge in [0.1, 0.15) is 12.9 Å². The van der Waals surface area contributed by atoms with Crippen molar-refractivity contribution in [3.05, 3.63) is 0 Å². The lowest BCUT2D eigenvalue weighted by Crippen LogP contribution is -2.26. The van der Waals surface area contributed by atoms with E-state index in [2.05, 4.69) is 4.74 Å². The molecule has 0 spiro atoms. The van der Waals surface area contributed by atoms with Crippen LogP contribution in [0.2, 0.25) is 0 Å². The summed E-state index contributed by atoms with van der Waals surface area (Å²) in [7, 11) is -2.66. The Kier molecular flexibility index (Phi) is 31.5. The van der Waals surface area contributed by atoms with Crippen LogP contribution >= 0.6 is 0 Å². The van der Waals surface area contributed by atoms with Gasteiger partial charge in [-0.2, -0.15) is 13.5 Å². The maximum absolute atomic E-state index is 10.2. The van der Waals surface area contributed by atoms with Gasteiger partial charge in [0, 0.05) is 33.7 Å². The first-order valence-corrected chi connectivity index (χ1v) is 11.7. The fraction of sp³-hybridized carbons (Fsp3) is 0.944. The number of amides is 1. The molecule has 14 heteroatoms. The topological polar surface area (TPSA) is 198 Å². The Morgan fingerprint density at radius 1 is 1.03 bits per heavy atom. The van der Waals surface area contributed by atoms with Gasteiger partial charge in [-0.1, -0.05) is 13.8 Å². The minimum Gasteiger partial charge on any atom is -0.393 e. The molecule has 0 saturated heterocycles. The van der Waals surface area contributed by atoms with E-state index in [-0.39, 0.29) is 38.6 Å². The maximum atomic E-state index is 10.2. The normalized spacial score (nSPS) is 12.3. The van der Waals surface area contributed by atoms with Crippen LogP contribution in [0, 0.1) is 0 Å². The van der Waals surface area contributed by atoms with Gasteiger partial charge in [-0.05, 0) is 26.7 Å². The summed E-state index contributed by atoms with van der Waals surface area (Å²) >= 11 is 0. The lowest BCUT2D eigenvalue weighted by atomic mass is 10.3. The molecule has 0 aromatic carbocycles. The number of hydroxylamine groups is 4. The number of rotatable bonds is 12. The summed E-state index contributed by atoms with van der Waals surface area (Å²) in [6.07, 6.45) is 0.851. The highest BCUT2D eigenvalue weighted by molar-refractivity contribution is 7.85. The van der Waals surface area contributed by atoms with Crippen LogP contribution < -0.4 is 0 Å². The number of aliphatic hydroxyl groups is 3. The molecule has 198 valence electrons. The SMILES string of the molecule is CC(=O)N(C)O.CCC(C)O.CCCN(O)CCS(=O)(=O)O.CCOCC(O)COCO. The highest BCUT2D eigenvalue weighted by atomic mass is 32.2. The zero-order chi connectivity index (χ0) is 26.2. The molecule has 0 aromatic heterocycles. The second-order valence-corrected chi connectivity index (χ2v) is 7.92. The van der Waals surface area contributed by atoms with Crippen LogP contribution in [0.25, 0.3) is 0 Å². The smallest absolute Gasteiger partial charge is 0.266 e. The third kappa shape index (κ3) is 47.0. The Labute approximate surface area is 191 Å². The Morgan fingerprint density at radius 2 is 1.47 bits per heavy atom. The molecule has 1 amide bonds. The molecular weight excluding hydrogens is 452 g/mol. The van der Waals surface area contributed by atoms with E-state index in [1.807, 2.05) is 20.8 Å². The minimum atomic E-state index is -3.94. The van der Waals surface area contributed by atoms with E-state index >= 15 is 0 Å². The molecule has 32 heavy (non-hydrogen) atoms. The third-order valence-electron chi connectivity index (χ3n) is 3.05. The first-order chi connectivity index (χ1) is 14.7. The van der Waals surface area contributed by atoms with Crippen molar-refractivity contribution in [3.63, 3.8) is 0 Å². The lowest BCUT2D eigenvalue weighted by Gasteiger charge is -2.11. The number of carbonyl (C=O) groups excluding carboxylic acids is 1. The molecule has 0 aliphatic rings. The Hall–Kier alpha value is -0.940. The van der Waals surface area contributed by atoms with Crippen LogP contribution in [0.4, 0.5) is 0 Å². The number of hydrogen-bond acceptors (Lipinski definition) is 11. The van der Waals surface area contributed by atoms with Crippen molar-refractivity contribution in [2.45, 2.75) is 59.7 Å². The number of hydrogen-bond donors (Lipinski definition) is 6. The Bertz CT molecular complexity index is 483. The molecule has 0 fully saturated rings. The van der Waals surface area contributed by atoms with Gasteiger partial charge in [-0.15, -0.1) is 0 Å². The molecule has 0 bridgehead atoms. The van der Waals surface area contributed by atoms with Gasteiger partial charge in [0.05, 0.1) is 25.1 Å². The van der Waals surface area contributed by atoms with Gasteiger partial charge < -0.3 is 30.0 Å². The van der Waals surface area contributed by atoms with Gasteiger partial charge in [0.25, 0.3) is 10.1 Å². The number of aliphatic hydroxyl groups excluding tert-OH is 3. The quantitative estimate of drug-likeness (QED) is 0.0913. The van der Waals surface area contributed by atoms with Crippen molar-refractivity contribution >= 4 is 16.0 Å². The van der Waals surface area contributed by atoms with Gasteiger partial charge in [0.15, 0.2) is 0 Å². The van der Waals surface area contributed by atoms with Gasteiger partial charge >= 0.3 is 0 Å².